The predicted octanol–water partition coefficient (Wildman–Crippen LogP) is 3.34. The second-order valence-corrected chi connectivity index (χ2v) is 11.3. The fourth-order valence-corrected chi connectivity index (χ4v) is 6.34. The van der Waals surface area contributed by atoms with E-state index in [4.69, 9.17) is 4.74 Å². The summed E-state index contributed by atoms with van der Waals surface area (Å²) >= 11 is 0. The van der Waals surface area contributed by atoms with E-state index in [0.717, 1.165) is 17.7 Å². The molecule has 2 amide bonds. The molecule has 0 saturated carbocycles. The van der Waals surface area contributed by atoms with Crippen LogP contribution in [0.1, 0.15) is 18.4 Å². The largest absolute Gasteiger partial charge is 0.477 e. The number of benzene rings is 3. The third kappa shape index (κ3) is 5.41. The lowest BCUT2D eigenvalue weighted by Crippen LogP contribution is -2.53. The molecule has 1 N–H and O–H groups in total. The molecule has 0 unspecified atom stereocenters. The lowest BCUT2D eigenvalue weighted by Gasteiger charge is -2.38. The maximum absolute atomic E-state index is 13.8. The van der Waals surface area contributed by atoms with Crippen LogP contribution in [0.4, 0.5) is 10.1 Å². The van der Waals surface area contributed by atoms with Gasteiger partial charge in [-0.05, 0) is 54.8 Å². The number of nitrogens with one attached hydrogen (secondary N) is 1. The van der Waals surface area contributed by atoms with Gasteiger partial charge in [0.15, 0.2) is 6.10 Å². The third-order valence-corrected chi connectivity index (χ3v) is 8.71. The van der Waals surface area contributed by atoms with E-state index in [1.807, 2.05) is 30.3 Å². The number of sulfonamides is 1. The number of carbonyl (C=O) groups excluding carboxylic acids is 2. The Bertz CT molecular complexity index is 1420. The molecule has 5 rings (SSSR count). The molecule has 2 aliphatic rings. The molecule has 3 aromatic rings. The topological polar surface area (TPSA) is 96.0 Å². The zero-order valence-electron chi connectivity index (χ0n) is 20.6. The first kappa shape index (κ1) is 25.9. The Morgan fingerprint density at radius 1 is 0.947 bits per heavy atom. The predicted molar refractivity (Wildman–Crippen MR) is 139 cm³/mol. The molecule has 8 nitrogen and oxygen atoms in total. The van der Waals surface area contributed by atoms with Crippen molar-refractivity contribution < 1.29 is 27.1 Å². The zero-order valence-corrected chi connectivity index (χ0v) is 21.4. The smallest absolute Gasteiger partial charge is 0.263 e. The van der Waals surface area contributed by atoms with Crippen LogP contribution in [0.25, 0.3) is 0 Å². The number of amides is 2. The summed E-state index contributed by atoms with van der Waals surface area (Å²) in [4.78, 5) is 28.3. The van der Waals surface area contributed by atoms with Crippen molar-refractivity contribution in [3.63, 3.8) is 0 Å². The highest BCUT2D eigenvalue weighted by Crippen LogP contribution is 2.35. The molecule has 10 heteroatoms. The molecule has 0 bridgehead atoms. The summed E-state index contributed by atoms with van der Waals surface area (Å²) in [7, 11) is -3.89. The number of hydrogen-bond acceptors (Lipinski definition) is 5. The highest BCUT2D eigenvalue weighted by atomic mass is 32.2. The SMILES string of the molecule is O=C(NCc1ccccc1)[C@H]1CN(C(=O)[C@H]2CCCN(S(=O)(=O)c3ccc(F)cc3)C2)c2ccccc2O1. The first-order valence-electron chi connectivity index (χ1n) is 12.5. The fraction of sp³-hybridized carbons (Fsp3) is 0.286. The molecule has 198 valence electrons. The van der Waals surface area contributed by atoms with E-state index < -0.39 is 27.9 Å². The lowest BCUT2D eigenvalue weighted by atomic mass is 9.97. The first-order valence-corrected chi connectivity index (χ1v) is 13.9. The molecule has 1 fully saturated rings. The van der Waals surface area contributed by atoms with Gasteiger partial charge in [-0.1, -0.05) is 42.5 Å². The molecule has 2 heterocycles. The first-order chi connectivity index (χ1) is 18.3. The molecular formula is C28H28FN3O5S. The van der Waals surface area contributed by atoms with Crippen molar-refractivity contribution in [3.8, 4) is 5.75 Å². The van der Waals surface area contributed by atoms with Crippen LogP contribution in [0, 0.1) is 11.7 Å². The summed E-state index contributed by atoms with van der Waals surface area (Å²) in [5.74, 6) is -1.31. The molecule has 3 aromatic carbocycles. The number of carbonyl (C=O) groups is 2. The number of ether oxygens (including phenoxy) is 1. The highest BCUT2D eigenvalue weighted by molar-refractivity contribution is 7.89. The van der Waals surface area contributed by atoms with Crippen molar-refractivity contribution in [3.05, 3.63) is 90.2 Å². The molecule has 0 aromatic heterocycles. The summed E-state index contributed by atoms with van der Waals surface area (Å²) in [5.41, 5.74) is 1.48. The van der Waals surface area contributed by atoms with Crippen LogP contribution in [-0.2, 0) is 26.2 Å². The Balaban J connectivity index is 1.32. The molecule has 2 atom stereocenters. The number of nitrogens with zero attached hydrogens (tertiary/aromatic N) is 2. The van der Waals surface area contributed by atoms with Gasteiger partial charge in [0.2, 0.25) is 15.9 Å². The summed E-state index contributed by atoms with van der Waals surface area (Å²) in [6.07, 6.45) is 0.0999. The Labute approximate surface area is 221 Å². The number of hydrogen-bond donors (Lipinski definition) is 1. The van der Waals surface area contributed by atoms with Gasteiger partial charge < -0.3 is 15.0 Å². The lowest BCUT2D eigenvalue weighted by molar-refractivity contribution is -0.129. The third-order valence-electron chi connectivity index (χ3n) is 6.83. The van der Waals surface area contributed by atoms with Crippen LogP contribution in [0.15, 0.2) is 83.8 Å². The van der Waals surface area contributed by atoms with Crippen LogP contribution in [0.3, 0.4) is 0 Å². The van der Waals surface area contributed by atoms with Gasteiger partial charge in [0.05, 0.1) is 23.0 Å². The van der Waals surface area contributed by atoms with E-state index in [0.29, 0.717) is 30.8 Å². The van der Waals surface area contributed by atoms with E-state index in [9.17, 15) is 22.4 Å². The Hall–Kier alpha value is -3.76. The standard InChI is InChI=1S/C28H28FN3O5S/c29-22-12-14-23(15-13-22)38(35,36)31-16-6-9-21(18-31)28(34)32-19-26(37-25-11-5-4-10-24(25)32)27(33)30-17-20-7-2-1-3-8-20/h1-5,7-8,10-15,21,26H,6,9,16-19H2,(H,30,33)/t21-,26+/m0/s1. The Morgan fingerprint density at radius 2 is 1.66 bits per heavy atom. The van der Waals surface area contributed by atoms with Gasteiger partial charge in [0.1, 0.15) is 11.6 Å². The van der Waals surface area contributed by atoms with Gasteiger partial charge in [0, 0.05) is 19.6 Å². The van der Waals surface area contributed by atoms with Crippen molar-refractivity contribution in [2.75, 3.05) is 24.5 Å². The van der Waals surface area contributed by atoms with Gasteiger partial charge in [-0.25, -0.2) is 12.8 Å². The minimum Gasteiger partial charge on any atom is -0.477 e. The van der Waals surface area contributed by atoms with Gasteiger partial charge in [0.25, 0.3) is 5.91 Å². The quantitative estimate of drug-likeness (QED) is 0.521. The van der Waals surface area contributed by atoms with Gasteiger partial charge in [-0.3, -0.25) is 9.59 Å². The van der Waals surface area contributed by atoms with Crippen LogP contribution >= 0.6 is 0 Å². The summed E-state index contributed by atoms with van der Waals surface area (Å²) in [6, 6.07) is 21.2. The molecule has 0 aliphatic carbocycles. The van der Waals surface area contributed by atoms with Crippen molar-refractivity contribution in [2.24, 2.45) is 5.92 Å². The Kier molecular flexibility index (Phi) is 7.44. The van der Waals surface area contributed by atoms with Crippen molar-refractivity contribution >= 4 is 27.5 Å². The summed E-state index contributed by atoms with van der Waals surface area (Å²) in [5, 5.41) is 2.87. The number of para-hydroxylation sites is 2. The monoisotopic (exact) mass is 537 g/mol. The average molecular weight is 538 g/mol. The number of anilines is 1. The average Bonchev–Trinajstić information content (AvgIpc) is 2.95. The summed E-state index contributed by atoms with van der Waals surface area (Å²) in [6.45, 7) is 0.613. The van der Waals surface area contributed by atoms with Crippen LogP contribution < -0.4 is 15.0 Å². The van der Waals surface area contributed by atoms with E-state index in [1.165, 1.54) is 21.3 Å². The normalized spacial score (nSPS) is 19.8. The number of piperidine rings is 1. The highest BCUT2D eigenvalue weighted by Gasteiger charge is 2.39. The van der Waals surface area contributed by atoms with Crippen LogP contribution in [-0.4, -0.2) is 50.3 Å². The molecule has 38 heavy (non-hydrogen) atoms. The zero-order chi connectivity index (χ0) is 26.7. The Morgan fingerprint density at radius 3 is 2.42 bits per heavy atom. The molecule has 1 saturated heterocycles. The van der Waals surface area contributed by atoms with Crippen LogP contribution in [0.5, 0.6) is 5.75 Å². The van der Waals surface area contributed by atoms with Crippen molar-refractivity contribution in [1.82, 2.24) is 9.62 Å². The van der Waals surface area contributed by atoms with Crippen molar-refractivity contribution in [2.45, 2.75) is 30.4 Å². The van der Waals surface area contributed by atoms with E-state index >= 15 is 0 Å². The molecular weight excluding hydrogens is 509 g/mol. The van der Waals surface area contributed by atoms with Crippen LogP contribution in [0.2, 0.25) is 0 Å². The maximum atomic E-state index is 13.8. The van der Waals surface area contributed by atoms with E-state index in [-0.39, 0.29) is 36.3 Å². The number of halogens is 1. The van der Waals surface area contributed by atoms with E-state index in [2.05, 4.69) is 5.32 Å². The van der Waals surface area contributed by atoms with Gasteiger partial charge in [-0.15, -0.1) is 0 Å². The second kappa shape index (κ2) is 10.9. The minimum absolute atomic E-state index is 0.00291. The molecule has 2 aliphatic heterocycles. The van der Waals surface area contributed by atoms with E-state index in [1.54, 1.807) is 24.3 Å². The number of fused-ring (bicyclic) bond motifs is 1. The van der Waals surface area contributed by atoms with Gasteiger partial charge in [-0.2, -0.15) is 4.31 Å². The van der Waals surface area contributed by atoms with Gasteiger partial charge >= 0.3 is 0 Å². The fourth-order valence-electron chi connectivity index (χ4n) is 4.82. The second-order valence-electron chi connectivity index (χ2n) is 9.38. The molecule has 0 spiro atoms. The van der Waals surface area contributed by atoms with Crippen molar-refractivity contribution in [1.29, 1.82) is 0 Å². The summed E-state index contributed by atoms with van der Waals surface area (Å²) < 4.78 is 46.9. The maximum Gasteiger partial charge on any atom is 0.263 e. The molecule has 0 radical (unpaired) electrons. The number of rotatable bonds is 6. The minimum atomic E-state index is -3.89.